The van der Waals surface area contributed by atoms with Gasteiger partial charge in [-0.1, -0.05) is 13.8 Å². The Kier molecular flexibility index (Phi) is 2.96. The number of hydrogen-bond acceptors (Lipinski definition) is 3. The molecule has 0 aliphatic heterocycles. The van der Waals surface area contributed by atoms with Crippen molar-refractivity contribution in [1.82, 2.24) is 9.97 Å². The number of halogens is 1. The molecule has 2 N–H and O–H groups in total. The van der Waals surface area contributed by atoms with Crippen LogP contribution < -0.4 is 5.73 Å². The molecule has 3 nitrogen and oxygen atoms in total. The van der Waals surface area contributed by atoms with Crippen molar-refractivity contribution in [3.05, 3.63) is 16.0 Å². The Bertz CT molecular complexity index is 374. The zero-order valence-electron chi connectivity index (χ0n) is 9.13. The highest BCUT2D eigenvalue weighted by Crippen LogP contribution is 2.43. The van der Waals surface area contributed by atoms with Crippen molar-refractivity contribution in [2.24, 2.45) is 0 Å². The van der Waals surface area contributed by atoms with E-state index in [2.05, 4.69) is 39.7 Å². The highest BCUT2D eigenvalue weighted by Gasteiger charge is 2.29. The Hall–Kier alpha value is -0.640. The first-order chi connectivity index (χ1) is 7.13. The van der Waals surface area contributed by atoms with Crippen LogP contribution in [0.5, 0.6) is 0 Å². The quantitative estimate of drug-likeness (QED) is 0.917. The topological polar surface area (TPSA) is 51.8 Å². The molecule has 1 aromatic heterocycles. The lowest BCUT2D eigenvalue weighted by molar-refractivity contribution is 0.671. The zero-order chi connectivity index (χ0) is 11.0. The van der Waals surface area contributed by atoms with Crippen molar-refractivity contribution < 1.29 is 0 Å². The molecule has 1 saturated carbocycles. The first kappa shape index (κ1) is 10.9. The van der Waals surface area contributed by atoms with Crippen LogP contribution in [-0.2, 0) is 0 Å². The van der Waals surface area contributed by atoms with Gasteiger partial charge in [0.25, 0.3) is 0 Å². The maximum Gasteiger partial charge on any atom is 0.141 e. The molecule has 0 amide bonds. The van der Waals surface area contributed by atoms with Gasteiger partial charge in [-0.25, -0.2) is 9.97 Å². The van der Waals surface area contributed by atoms with E-state index in [1.807, 2.05) is 0 Å². The highest BCUT2D eigenvalue weighted by molar-refractivity contribution is 9.10. The number of rotatable bonds is 3. The standard InChI is InChI=1S/C11H16BrN3/c1-3-6(2)11-14-9(7-4-5-7)8(12)10(13)15-11/h6-7H,3-5H2,1-2H3,(H2,13,14,15). The van der Waals surface area contributed by atoms with Crippen LogP contribution in [0.25, 0.3) is 0 Å². The first-order valence-corrected chi connectivity index (χ1v) is 6.25. The Morgan fingerprint density at radius 3 is 2.67 bits per heavy atom. The molecular formula is C11H16BrN3. The summed E-state index contributed by atoms with van der Waals surface area (Å²) in [6, 6.07) is 0. The molecule has 1 aliphatic rings. The number of nitrogens with two attached hydrogens (primary N) is 1. The normalized spacial score (nSPS) is 17.8. The van der Waals surface area contributed by atoms with E-state index < -0.39 is 0 Å². The van der Waals surface area contributed by atoms with E-state index in [1.165, 1.54) is 12.8 Å². The lowest BCUT2D eigenvalue weighted by atomic mass is 10.1. The van der Waals surface area contributed by atoms with Crippen LogP contribution in [0.3, 0.4) is 0 Å². The van der Waals surface area contributed by atoms with E-state index in [-0.39, 0.29) is 0 Å². The molecule has 1 aliphatic carbocycles. The average molecular weight is 270 g/mol. The van der Waals surface area contributed by atoms with Crippen molar-refractivity contribution in [3.8, 4) is 0 Å². The van der Waals surface area contributed by atoms with Gasteiger partial charge < -0.3 is 5.73 Å². The van der Waals surface area contributed by atoms with Crippen molar-refractivity contribution >= 4 is 21.7 Å². The summed E-state index contributed by atoms with van der Waals surface area (Å²) in [5.74, 6) is 2.47. The third-order valence-corrected chi connectivity index (χ3v) is 3.75. The molecule has 0 bridgehead atoms. The van der Waals surface area contributed by atoms with Crippen LogP contribution in [0.2, 0.25) is 0 Å². The van der Waals surface area contributed by atoms with E-state index in [0.29, 0.717) is 17.7 Å². The van der Waals surface area contributed by atoms with Gasteiger partial charge in [0.2, 0.25) is 0 Å². The Morgan fingerprint density at radius 1 is 1.47 bits per heavy atom. The maximum atomic E-state index is 5.88. The minimum absolute atomic E-state index is 0.387. The molecule has 1 fully saturated rings. The summed E-state index contributed by atoms with van der Waals surface area (Å²) in [5.41, 5.74) is 6.99. The monoisotopic (exact) mass is 269 g/mol. The minimum Gasteiger partial charge on any atom is -0.383 e. The van der Waals surface area contributed by atoms with Crippen molar-refractivity contribution in [2.75, 3.05) is 5.73 Å². The van der Waals surface area contributed by atoms with Gasteiger partial charge in [-0.05, 0) is 35.2 Å². The highest BCUT2D eigenvalue weighted by atomic mass is 79.9. The molecule has 0 radical (unpaired) electrons. The number of nitrogen functional groups attached to an aromatic ring is 1. The molecule has 1 heterocycles. The summed E-state index contributed by atoms with van der Waals surface area (Å²) in [5, 5.41) is 0. The number of nitrogens with zero attached hydrogens (tertiary/aromatic N) is 2. The predicted molar refractivity (Wildman–Crippen MR) is 64.8 cm³/mol. The van der Waals surface area contributed by atoms with E-state index in [4.69, 9.17) is 5.73 Å². The average Bonchev–Trinajstić information content (AvgIpc) is 3.04. The van der Waals surface area contributed by atoms with Gasteiger partial charge in [-0.3, -0.25) is 0 Å². The van der Waals surface area contributed by atoms with Gasteiger partial charge in [-0.2, -0.15) is 0 Å². The molecule has 1 atom stereocenters. The van der Waals surface area contributed by atoms with E-state index in [9.17, 15) is 0 Å². The summed E-state index contributed by atoms with van der Waals surface area (Å²) >= 11 is 3.48. The molecule has 2 rings (SSSR count). The van der Waals surface area contributed by atoms with Crippen LogP contribution in [0, 0.1) is 0 Å². The van der Waals surface area contributed by atoms with Gasteiger partial charge in [0.05, 0.1) is 10.2 Å². The molecular weight excluding hydrogens is 254 g/mol. The maximum absolute atomic E-state index is 5.88. The summed E-state index contributed by atoms with van der Waals surface area (Å²) in [7, 11) is 0. The lowest BCUT2D eigenvalue weighted by Crippen LogP contribution is -2.07. The number of anilines is 1. The minimum atomic E-state index is 0.387. The lowest BCUT2D eigenvalue weighted by Gasteiger charge is -2.11. The van der Waals surface area contributed by atoms with Crippen LogP contribution in [-0.4, -0.2) is 9.97 Å². The fourth-order valence-electron chi connectivity index (χ4n) is 1.53. The van der Waals surface area contributed by atoms with Crippen LogP contribution >= 0.6 is 15.9 Å². The molecule has 0 saturated heterocycles. The van der Waals surface area contributed by atoms with Crippen molar-refractivity contribution in [1.29, 1.82) is 0 Å². The molecule has 1 unspecified atom stereocenters. The first-order valence-electron chi connectivity index (χ1n) is 5.46. The number of aromatic nitrogens is 2. The summed E-state index contributed by atoms with van der Waals surface area (Å²) in [6.07, 6.45) is 3.51. The summed E-state index contributed by atoms with van der Waals surface area (Å²) in [6.45, 7) is 4.28. The van der Waals surface area contributed by atoms with Crippen LogP contribution in [0.4, 0.5) is 5.82 Å². The van der Waals surface area contributed by atoms with E-state index in [0.717, 1.165) is 22.4 Å². The van der Waals surface area contributed by atoms with Gasteiger partial charge in [-0.15, -0.1) is 0 Å². The Balaban J connectivity index is 2.41. The fraction of sp³-hybridized carbons (Fsp3) is 0.636. The van der Waals surface area contributed by atoms with Crippen LogP contribution in [0.1, 0.15) is 56.5 Å². The second-order valence-electron chi connectivity index (χ2n) is 4.25. The van der Waals surface area contributed by atoms with Gasteiger partial charge in [0.1, 0.15) is 11.6 Å². The number of hydrogen-bond donors (Lipinski definition) is 1. The zero-order valence-corrected chi connectivity index (χ0v) is 10.7. The SMILES string of the molecule is CCC(C)c1nc(N)c(Br)c(C2CC2)n1. The van der Waals surface area contributed by atoms with Gasteiger partial charge in [0, 0.05) is 11.8 Å². The molecule has 1 aromatic rings. The molecule has 15 heavy (non-hydrogen) atoms. The predicted octanol–water partition coefficient (Wildman–Crippen LogP) is 3.21. The third-order valence-electron chi connectivity index (χ3n) is 2.94. The summed E-state index contributed by atoms with van der Waals surface area (Å²) in [4.78, 5) is 8.96. The second-order valence-corrected chi connectivity index (χ2v) is 5.04. The molecule has 4 heteroatoms. The van der Waals surface area contributed by atoms with Crippen molar-refractivity contribution in [3.63, 3.8) is 0 Å². The fourth-order valence-corrected chi connectivity index (χ4v) is 2.03. The molecule has 82 valence electrons. The van der Waals surface area contributed by atoms with Crippen LogP contribution in [0.15, 0.2) is 4.47 Å². The van der Waals surface area contributed by atoms with Gasteiger partial charge in [0.15, 0.2) is 0 Å². The van der Waals surface area contributed by atoms with E-state index in [1.54, 1.807) is 0 Å². The summed E-state index contributed by atoms with van der Waals surface area (Å²) < 4.78 is 0.900. The van der Waals surface area contributed by atoms with Crippen molar-refractivity contribution in [2.45, 2.75) is 44.9 Å². The molecule has 0 spiro atoms. The second kappa shape index (κ2) is 4.08. The Morgan fingerprint density at radius 2 is 2.13 bits per heavy atom. The molecule has 0 aromatic carbocycles. The van der Waals surface area contributed by atoms with Gasteiger partial charge >= 0.3 is 0 Å². The largest absolute Gasteiger partial charge is 0.383 e. The van der Waals surface area contributed by atoms with E-state index >= 15 is 0 Å². The smallest absolute Gasteiger partial charge is 0.141 e. The third kappa shape index (κ3) is 2.14. The Labute approximate surface area is 98.6 Å².